The van der Waals surface area contributed by atoms with E-state index in [1.165, 1.54) is 6.07 Å². The number of benzene rings is 1. The van der Waals surface area contributed by atoms with E-state index in [1.54, 1.807) is 18.2 Å². The molecule has 1 aromatic carbocycles. The van der Waals surface area contributed by atoms with Crippen LogP contribution >= 0.6 is 0 Å². The second kappa shape index (κ2) is 5.69. The first-order valence-corrected chi connectivity index (χ1v) is 5.56. The third-order valence-corrected chi connectivity index (χ3v) is 2.53. The van der Waals surface area contributed by atoms with E-state index in [0.717, 1.165) is 0 Å². The molecule has 0 atom stereocenters. The standard InChI is InChI=1S/C13H10F4N2/c14-9-4-2-1-3-8(9)5-6-18-13-11(16)7-10(15)12(17)19-13/h1-4,7H,5-6H2,(H,18,19). The van der Waals surface area contributed by atoms with Gasteiger partial charge in [-0.2, -0.15) is 9.37 Å². The van der Waals surface area contributed by atoms with E-state index in [1.807, 2.05) is 0 Å². The van der Waals surface area contributed by atoms with Gasteiger partial charge in [0.25, 0.3) is 5.95 Å². The van der Waals surface area contributed by atoms with Crippen LogP contribution < -0.4 is 5.32 Å². The minimum atomic E-state index is -1.38. The first-order valence-electron chi connectivity index (χ1n) is 5.56. The lowest BCUT2D eigenvalue weighted by Crippen LogP contribution is -2.10. The molecule has 100 valence electrons. The molecular weight excluding hydrogens is 260 g/mol. The van der Waals surface area contributed by atoms with Crippen molar-refractivity contribution < 1.29 is 17.6 Å². The summed E-state index contributed by atoms with van der Waals surface area (Å²) in [5, 5.41) is 2.50. The predicted octanol–water partition coefficient (Wildman–Crippen LogP) is 3.29. The second-order valence-corrected chi connectivity index (χ2v) is 3.86. The molecule has 6 heteroatoms. The lowest BCUT2D eigenvalue weighted by atomic mass is 10.1. The summed E-state index contributed by atoms with van der Waals surface area (Å²) in [5.74, 6) is -4.49. The molecule has 0 aliphatic rings. The van der Waals surface area contributed by atoms with Gasteiger partial charge in [0.2, 0.25) is 0 Å². The average Bonchev–Trinajstić information content (AvgIpc) is 2.38. The summed E-state index contributed by atoms with van der Waals surface area (Å²) in [6.45, 7) is 0.149. The van der Waals surface area contributed by atoms with Gasteiger partial charge < -0.3 is 5.32 Å². The molecule has 2 aromatic rings. The topological polar surface area (TPSA) is 24.9 Å². The lowest BCUT2D eigenvalue weighted by molar-refractivity contribution is 0.466. The molecule has 2 rings (SSSR count). The molecule has 2 nitrogen and oxygen atoms in total. The molecule has 0 fully saturated rings. The number of nitrogens with zero attached hydrogens (tertiary/aromatic N) is 1. The molecule has 0 aliphatic carbocycles. The number of anilines is 1. The van der Waals surface area contributed by atoms with Crippen LogP contribution in [0.15, 0.2) is 30.3 Å². The number of pyridine rings is 1. The summed E-state index contributed by atoms with van der Waals surface area (Å²) in [6, 6.07) is 6.54. The Bertz CT molecular complexity index is 587. The predicted molar refractivity (Wildman–Crippen MR) is 62.7 cm³/mol. The zero-order valence-electron chi connectivity index (χ0n) is 9.76. The molecule has 0 bridgehead atoms. The van der Waals surface area contributed by atoms with Crippen molar-refractivity contribution in [3.05, 3.63) is 59.3 Å². The average molecular weight is 270 g/mol. The summed E-state index contributed by atoms with van der Waals surface area (Å²) in [4.78, 5) is 3.10. The first kappa shape index (κ1) is 13.3. The summed E-state index contributed by atoms with van der Waals surface area (Å²) in [7, 11) is 0. The second-order valence-electron chi connectivity index (χ2n) is 3.86. The van der Waals surface area contributed by atoms with Gasteiger partial charge in [-0.25, -0.2) is 13.2 Å². The Kier molecular flexibility index (Phi) is 3.99. The number of rotatable bonds is 4. The van der Waals surface area contributed by atoms with E-state index < -0.39 is 23.4 Å². The highest BCUT2D eigenvalue weighted by molar-refractivity contribution is 5.36. The van der Waals surface area contributed by atoms with Crippen LogP contribution in [0, 0.1) is 23.4 Å². The smallest absolute Gasteiger partial charge is 0.251 e. The molecule has 0 aliphatic heterocycles. The lowest BCUT2D eigenvalue weighted by Gasteiger charge is -2.07. The third kappa shape index (κ3) is 3.21. The zero-order chi connectivity index (χ0) is 13.8. The van der Waals surface area contributed by atoms with Crippen LogP contribution in [-0.2, 0) is 6.42 Å². The Hall–Kier alpha value is -2.11. The van der Waals surface area contributed by atoms with Gasteiger partial charge in [-0.15, -0.1) is 0 Å². The minimum absolute atomic E-state index is 0.149. The SMILES string of the molecule is Fc1ccccc1CCNc1nc(F)c(F)cc1F. The maximum absolute atomic E-state index is 13.3. The van der Waals surface area contributed by atoms with Crippen LogP contribution in [0.5, 0.6) is 0 Å². The fourth-order valence-electron chi connectivity index (χ4n) is 1.58. The molecule has 0 spiro atoms. The number of hydrogen-bond acceptors (Lipinski definition) is 2. The Morgan fingerprint density at radius 2 is 1.68 bits per heavy atom. The maximum atomic E-state index is 13.3. The van der Waals surface area contributed by atoms with Crippen LogP contribution in [0.4, 0.5) is 23.4 Å². The molecule has 0 saturated heterocycles. The van der Waals surface area contributed by atoms with Gasteiger partial charge in [-0.1, -0.05) is 18.2 Å². The first-order chi connectivity index (χ1) is 9.08. The van der Waals surface area contributed by atoms with E-state index in [9.17, 15) is 17.6 Å². The Balaban J connectivity index is 2.00. The molecule has 1 aromatic heterocycles. The highest BCUT2D eigenvalue weighted by atomic mass is 19.2. The van der Waals surface area contributed by atoms with Crippen molar-refractivity contribution in [3.63, 3.8) is 0 Å². The van der Waals surface area contributed by atoms with Crippen LogP contribution in [0.1, 0.15) is 5.56 Å². The van der Waals surface area contributed by atoms with Gasteiger partial charge in [0, 0.05) is 12.6 Å². The van der Waals surface area contributed by atoms with Gasteiger partial charge >= 0.3 is 0 Å². The van der Waals surface area contributed by atoms with Gasteiger partial charge in [-0.05, 0) is 18.1 Å². The van der Waals surface area contributed by atoms with Crippen molar-refractivity contribution in [2.75, 3.05) is 11.9 Å². The van der Waals surface area contributed by atoms with Crippen molar-refractivity contribution in [1.82, 2.24) is 4.98 Å². The number of halogens is 4. The van der Waals surface area contributed by atoms with Crippen LogP contribution in [-0.4, -0.2) is 11.5 Å². The number of nitrogens with one attached hydrogen (secondary N) is 1. The van der Waals surface area contributed by atoms with Crippen LogP contribution in [0.2, 0.25) is 0 Å². The van der Waals surface area contributed by atoms with E-state index >= 15 is 0 Å². The van der Waals surface area contributed by atoms with Gasteiger partial charge in [0.15, 0.2) is 17.5 Å². The molecule has 1 heterocycles. The van der Waals surface area contributed by atoms with Crippen molar-refractivity contribution in [1.29, 1.82) is 0 Å². The number of aromatic nitrogens is 1. The Morgan fingerprint density at radius 1 is 0.947 bits per heavy atom. The van der Waals surface area contributed by atoms with E-state index in [0.29, 0.717) is 11.6 Å². The van der Waals surface area contributed by atoms with E-state index in [4.69, 9.17) is 0 Å². The minimum Gasteiger partial charge on any atom is -0.367 e. The van der Waals surface area contributed by atoms with Gasteiger partial charge in [-0.3, -0.25) is 0 Å². The van der Waals surface area contributed by atoms with E-state index in [2.05, 4.69) is 10.3 Å². The third-order valence-electron chi connectivity index (χ3n) is 2.53. The van der Waals surface area contributed by atoms with Crippen LogP contribution in [0.3, 0.4) is 0 Å². The molecule has 0 amide bonds. The summed E-state index contributed by atoms with van der Waals surface area (Å²) < 4.78 is 52.0. The quantitative estimate of drug-likeness (QED) is 0.681. The van der Waals surface area contributed by atoms with Gasteiger partial charge in [0.1, 0.15) is 5.82 Å². The van der Waals surface area contributed by atoms with Crippen molar-refractivity contribution in [2.24, 2.45) is 0 Å². The summed E-state index contributed by atoms with van der Waals surface area (Å²) in [5.41, 5.74) is 0.443. The fourth-order valence-corrected chi connectivity index (χ4v) is 1.58. The largest absolute Gasteiger partial charge is 0.367 e. The summed E-state index contributed by atoms with van der Waals surface area (Å²) >= 11 is 0. The molecular formula is C13H10F4N2. The van der Waals surface area contributed by atoms with Crippen molar-refractivity contribution in [3.8, 4) is 0 Å². The van der Waals surface area contributed by atoms with Crippen molar-refractivity contribution in [2.45, 2.75) is 6.42 Å². The monoisotopic (exact) mass is 270 g/mol. The molecule has 0 radical (unpaired) electrons. The zero-order valence-corrected chi connectivity index (χ0v) is 9.76. The van der Waals surface area contributed by atoms with Crippen LogP contribution in [0.25, 0.3) is 0 Å². The Labute approximate surface area is 107 Å². The highest BCUT2D eigenvalue weighted by Gasteiger charge is 2.11. The summed E-state index contributed by atoms with van der Waals surface area (Å²) in [6.07, 6.45) is 0.271. The molecule has 1 N–H and O–H groups in total. The number of hydrogen-bond donors (Lipinski definition) is 1. The normalized spacial score (nSPS) is 10.5. The molecule has 0 unspecified atom stereocenters. The van der Waals surface area contributed by atoms with E-state index in [-0.39, 0.29) is 18.8 Å². The fraction of sp³-hybridized carbons (Fsp3) is 0.154. The Morgan fingerprint density at radius 3 is 2.42 bits per heavy atom. The molecule has 0 saturated carbocycles. The van der Waals surface area contributed by atoms with Crippen molar-refractivity contribution >= 4 is 5.82 Å². The van der Waals surface area contributed by atoms with Gasteiger partial charge in [0.05, 0.1) is 0 Å². The molecule has 19 heavy (non-hydrogen) atoms. The highest BCUT2D eigenvalue weighted by Crippen LogP contribution is 2.14. The maximum Gasteiger partial charge on any atom is 0.251 e.